The summed E-state index contributed by atoms with van der Waals surface area (Å²) in [5, 5.41) is 0. The third kappa shape index (κ3) is 3.33. The Kier molecular flexibility index (Phi) is 4.66. The molecule has 4 rings (SSSR count). The van der Waals surface area contributed by atoms with Gasteiger partial charge >= 0.3 is 0 Å². The first-order valence-electron chi connectivity index (χ1n) is 8.56. The van der Waals surface area contributed by atoms with Gasteiger partial charge in [-0.2, -0.15) is 0 Å². The summed E-state index contributed by atoms with van der Waals surface area (Å²) in [5.41, 5.74) is 5.15. The standard InChI is InChI=1S/C23H20OS2/c1-15-4-6-17(7-5-15)20-12-13-21(25-20)22-14-16(2)23(26-22)18-8-10-19(24-3)11-9-18/h4-14H,1-3H3. The van der Waals surface area contributed by atoms with Crippen LogP contribution >= 0.6 is 22.7 Å². The fourth-order valence-electron chi connectivity index (χ4n) is 2.98. The summed E-state index contributed by atoms with van der Waals surface area (Å²) in [7, 11) is 1.70. The van der Waals surface area contributed by atoms with Crippen molar-refractivity contribution in [3.8, 4) is 36.4 Å². The number of hydrogen-bond acceptors (Lipinski definition) is 3. The lowest BCUT2D eigenvalue weighted by Gasteiger charge is -2.02. The van der Waals surface area contributed by atoms with E-state index in [-0.39, 0.29) is 0 Å². The molecule has 0 N–H and O–H groups in total. The summed E-state index contributed by atoms with van der Waals surface area (Å²) in [6.45, 7) is 4.31. The van der Waals surface area contributed by atoms with E-state index in [1.54, 1.807) is 7.11 Å². The highest BCUT2D eigenvalue weighted by Crippen LogP contribution is 2.42. The SMILES string of the molecule is COc1ccc(-c2sc(-c3ccc(-c4ccc(C)cc4)s3)cc2C)cc1. The number of thiophene rings is 2. The number of ether oxygens (including phenoxy) is 1. The first kappa shape index (κ1) is 17.1. The zero-order valence-corrected chi connectivity index (χ0v) is 16.7. The Morgan fingerprint density at radius 1 is 0.654 bits per heavy atom. The Balaban J connectivity index is 1.65. The molecule has 2 aromatic heterocycles. The largest absolute Gasteiger partial charge is 0.497 e. The molecule has 0 bridgehead atoms. The van der Waals surface area contributed by atoms with Crippen molar-refractivity contribution in [1.29, 1.82) is 0 Å². The van der Waals surface area contributed by atoms with Crippen molar-refractivity contribution in [3.63, 3.8) is 0 Å². The van der Waals surface area contributed by atoms with Gasteiger partial charge in [-0.3, -0.25) is 0 Å². The first-order valence-corrected chi connectivity index (χ1v) is 10.2. The molecule has 0 spiro atoms. The summed E-state index contributed by atoms with van der Waals surface area (Å²) < 4.78 is 5.27. The van der Waals surface area contributed by atoms with Crippen LogP contribution in [0.15, 0.2) is 66.7 Å². The molecule has 3 heteroatoms. The second-order valence-corrected chi connectivity index (χ2v) is 8.52. The molecular formula is C23H20OS2. The number of benzene rings is 2. The van der Waals surface area contributed by atoms with Gasteiger partial charge in [0.05, 0.1) is 7.11 Å². The number of rotatable bonds is 4. The minimum Gasteiger partial charge on any atom is -0.497 e. The highest BCUT2D eigenvalue weighted by atomic mass is 32.1. The third-order valence-electron chi connectivity index (χ3n) is 4.45. The van der Waals surface area contributed by atoms with Gasteiger partial charge in [-0.15, -0.1) is 22.7 Å². The topological polar surface area (TPSA) is 9.23 Å². The van der Waals surface area contributed by atoms with E-state index in [0.717, 1.165) is 5.75 Å². The van der Waals surface area contributed by atoms with Crippen LogP contribution in [-0.2, 0) is 0 Å². The Bertz CT molecular complexity index is 1020. The normalized spacial score (nSPS) is 10.9. The van der Waals surface area contributed by atoms with Gasteiger partial charge in [-0.25, -0.2) is 0 Å². The highest BCUT2D eigenvalue weighted by Gasteiger charge is 2.12. The molecule has 26 heavy (non-hydrogen) atoms. The fraction of sp³-hybridized carbons (Fsp3) is 0.130. The molecule has 1 nitrogen and oxygen atoms in total. The summed E-state index contributed by atoms with van der Waals surface area (Å²) in [6, 6.07) is 23.8. The van der Waals surface area contributed by atoms with E-state index in [9.17, 15) is 0 Å². The van der Waals surface area contributed by atoms with Gasteiger partial charge in [0, 0.05) is 19.5 Å². The van der Waals surface area contributed by atoms with E-state index < -0.39 is 0 Å². The van der Waals surface area contributed by atoms with E-state index in [1.165, 1.54) is 41.8 Å². The summed E-state index contributed by atoms with van der Waals surface area (Å²) >= 11 is 3.72. The molecule has 0 atom stereocenters. The number of aryl methyl sites for hydroxylation is 2. The van der Waals surface area contributed by atoms with Gasteiger partial charge < -0.3 is 4.74 Å². The van der Waals surface area contributed by atoms with E-state index in [1.807, 2.05) is 34.8 Å². The summed E-state index contributed by atoms with van der Waals surface area (Å²) in [6.07, 6.45) is 0. The van der Waals surface area contributed by atoms with Crippen LogP contribution in [0.1, 0.15) is 11.1 Å². The Labute approximate surface area is 162 Å². The predicted molar refractivity (Wildman–Crippen MR) is 115 cm³/mol. The van der Waals surface area contributed by atoms with Crippen LogP contribution in [0.2, 0.25) is 0 Å². The quantitative estimate of drug-likeness (QED) is 0.360. The lowest BCUT2D eigenvalue weighted by Crippen LogP contribution is -1.82. The van der Waals surface area contributed by atoms with Crippen LogP contribution in [0.5, 0.6) is 5.75 Å². The molecule has 0 aliphatic rings. The van der Waals surface area contributed by atoms with Gasteiger partial charge in [0.1, 0.15) is 5.75 Å². The van der Waals surface area contributed by atoms with E-state index in [0.29, 0.717) is 0 Å². The average Bonchev–Trinajstić information content (AvgIpc) is 3.29. The van der Waals surface area contributed by atoms with E-state index in [2.05, 4.69) is 68.4 Å². The van der Waals surface area contributed by atoms with Gasteiger partial charge in [-0.1, -0.05) is 29.8 Å². The minimum absolute atomic E-state index is 0.893. The Morgan fingerprint density at radius 3 is 2.00 bits per heavy atom. The van der Waals surface area contributed by atoms with Crippen molar-refractivity contribution in [2.24, 2.45) is 0 Å². The maximum Gasteiger partial charge on any atom is 0.118 e. The predicted octanol–water partition coefficient (Wildman–Crippen LogP) is 7.44. The minimum atomic E-state index is 0.893. The van der Waals surface area contributed by atoms with Gasteiger partial charge in [-0.05, 0) is 73.0 Å². The van der Waals surface area contributed by atoms with Crippen molar-refractivity contribution in [3.05, 3.63) is 77.9 Å². The van der Waals surface area contributed by atoms with Crippen LogP contribution in [0.3, 0.4) is 0 Å². The van der Waals surface area contributed by atoms with E-state index >= 15 is 0 Å². The molecule has 2 aromatic carbocycles. The second-order valence-electron chi connectivity index (χ2n) is 6.38. The van der Waals surface area contributed by atoms with Crippen molar-refractivity contribution in [2.75, 3.05) is 7.11 Å². The lowest BCUT2D eigenvalue weighted by atomic mass is 10.1. The van der Waals surface area contributed by atoms with Crippen molar-refractivity contribution < 1.29 is 4.74 Å². The maximum absolute atomic E-state index is 5.27. The van der Waals surface area contributed by atoms with Crippen LogP contribution in [0.4, 0.5) is 0 Å². The zero-order valence-electron chi connectivity index (χ0n) is 15.1. The number of hydrogen-bond donors (Lipinski definition) is 0. The van der Waals surface area contributed by atoms with Crippen LogP contribution in [0, 0.1) is 13.8 Å². The van der Waals surface area contributed by atoms with Gasteiger partial charge in [0.15, 0.2) is 0 Å². The molecular weight excluding hydrogens is 356 g/mol. The molecule has 0 amide bonds. The smallest absolute Gasteiger partial charge is 0.118 e. The molecule has 0 aliphatic carbocycles. The maximum atomic E-state index is 5.27. The summed E-state index contributed by atoms with van der Waals surface area (Å²) in [4.78, 5) is 5.30. The molecule has 0 fully saturated rings. The lowest BCUT2D eigenvalue weighted by molar-refractivity contribution is 0.415. The zero-order chi connectivity index (χ0) is 18.1. The average molecular weight is 377 g/mol. The van der Waals surface area contributed by atoms with Gasteiger partial charge in [0.2, 0.25) is 0 Å². The monoisotopic (exact) mass is 376 g/mol. The molecule has 130 valence electrons. The molecule has 0 saturated heterocycles. The fourth-order valence-corrected chi connectivity index (χ4v) is 5.25. The van der Waals surface area contributed by atoms with Gasteiger partial charge in [0.25, 0.3) is 0 Å². The second kappa shape index (κ2) is 7.10. The van der Waals surface area contributed by atoms with Crippen LogP contribution in [0.25, 0.3) is 30.6 Å². The molecule has 0 unspecified atom stereocenters. The summed E-state index contributed by atoms with van der Waals surface area (Å²) in [5.74, 6) is 0.893. The molecule has 2 heterocycles. The molecule has 0 aliphatic heterocycles. The Morgan fingerprint density at radius 2 is 1.31 bits per heavy atom. The van der Waals surface area contributed by atoms with Crippen molar-refractivity contribution in [2.45, 2.75) is 13.8 Å². The molecule has 0 radical (unpaired) electrons. The highest BCUT2D eigenvalue weighted by molar-refractivity contribution is 7.25. The Hall–Kier alpha value is -2.36. The van der Waals surface area contributed by atoms with Crippen LogP contribution < -0.4 is 4.74 Å². The van der Waals surface area contributed by atoms with Crippen molar-refractivity contribution in [1.82, 2.24) is 0 Å². The third-order valence-corrected chi connectivity index (χ3v) is 7.07. The van der Waals surface area contributed by atoms with E-state index in [4.69, 9.17) is 4.74 Å². The van der Waals surface area contributed by atoms with Crippen molar-refractivity contribution >= 4 is 22.7 Å². The van der Waals surface area contributed by atoms with Crippen LogP contribution in [-0.4, -0.2) is 7.11 Å². The molecule has 4 aromatic rings. The molecule has 0 saturated carbocycles. The first-order chi connectivity index (χ1) is 12.6. The number of methoxy groups -OCH3 is 1.